The van der Waals surface area contributed by atoms with Gasteiger partial charge in [0, 0.05) is 25.3 Å². The maximum Gasteiger partial charge on any atom is 0.293 e. The number of benzene rings is 1. The van der Waals surface area contributed by atoms with Crippen molar-refractivity contribution >= 4 is 35.4 Å². The fraction of sp³-hybridized carbons (Fsp3) is 0.474. The van der Waals surface area contributed by atoms with Crippen LogP contribution in [0.15, 0.2) is 17.9 Å². The lowest BCUT2D eigenvalue weighted by Crippen LogP contribution is -2.34. The fourth-order valence-electron chi connectivity index (χ4n) is 3.68. The SMILES string of the molecule is CCN(C=S)C(=O)/C(=C\c1cc2c3c(c1)CCCN3CCC2)OC. The van der Waals surface area contributed by atoms with Crippen LogP contribution in [0.2, 0.25) is 0 Å². The second kappa shape index (κ2) is 7.34. The van der Waals surface area contributed by atoms with E-state index in [1.165, 1.54) is 47.2 Å². The van der Waals surface area contributed by atoms with Gasteiger partial charge < -0.3 is 14.5 Å². The number of rotatable bonds is 5. The van der Waals surface area contributed by atoms with Crippen LogP contribution in [0, 0.1) is 0 Å². The number of hydrogen-bond acceptors (Lipinski definition) is 4. The number of methoxy groups -OCH3 is 1. The summed E-state index contributed by atoms with van der Waals surface area (Å²) in [5, 5.41) is 0. The van der Waals surface area contributed by atoms with E-state index in [9.17, 15) is 4.79 Å². The van der Waals surface area contributed by atoms with Gasteiger partial charge in [0.1, 0.15) is 0 Å². The quantitative estimate of drug-likeness (QED) is 0.467. The summed E-state index contributed by atoms with van der Waals surface area (Å²) in [7, 11) is 1.53. The highest BCUT2D eigenvalue weighted by Crippen LogP contribution is 2.36. The molecule has 0 fully saturated rings. The highest BCUT2D eigenvalue weighted by molar-refractivity contribution is 7.78. The van der Waals surface area contributed by atoms with Crippen LogP contribution in [0.1, 0.15) is 36.5 Å². The first-order valence-corrected chi connectivity index (χ1v) is 9.07. The maximum absolute atomic E-state index is 12.5. The normalized spacial score (nSPS) is 16.4. The summed E-state index contributed by atoms with van der Waals surface area (Å²) >= 11 is 4.91. The summed E-state index contributed by atoms with van der Waals surface area (Å²) in [4.78, 5) is 16.5. The van der Waals surface area contributed by atoms with Crippen molar-refractivity contribution in [3.8, 4) is 0 Å². The Bertz CT molecular complexity index is 653. The summed E-state index contributed by atoms with van der Waals surface area (Å²) in [5.74, 6) is 0.136. The van der Waals surface area contributed by atoms with Gasteiger partial charge in [-0.05, 0) is 67.5 Å². The minimum atomic E-state index is -0.192. The van der Waals surface area contributed by atoms with Gasteiger partial charge in [-0.3, -0.25) is 4.79 Å². The van der Waals surface area contributed by atoms with Gasteiger partial charge in [-0.1, -0.05) is 12.2 Å². The minimum Gasteiger partial charge on any atom is -0.491 e. The predicted molar refractivity (Wildman–Crippen MR) is 101 cm³/mol. The first-order chi connectivity index (χ1) is 11.7. The lowest BCUT2D eigenvalue weighted by molar-refractivity contribution is -0.126. The van der Waals surface area contributed by atoms with Crippen molar-refractivity contribution in [3.63, 3.8) is 0 Å². The van der Waals surface area contributed by atoms with E-state index >= 15 is 0 Å². The molecule has 0 saturated carbocycles. The predicted octanol–water partition coefficient (Wildman–Crippen LogP) is 3.18. The second-order valence-electron chi connectivity index (χ2n) is 6.29. The highest BCUT2D eigenvalue weighted by atomic mass is 32.1. The van der Waals surface area contributed by atoms with E-state index in [4.69, 9.17) is 17.0 Å². The van der Waals surface area contributed by atoms with Crippen LogP contribution in [0.3, 0.4) is 0 Å². The van der Waals surface area contributed by atoms with E-state index in [1.54, 1.807) is 0 Å². The lowest BCUT2D eigenvalue weighted by Gasteiger charge is -2.37. The van der Waals surface area contributed by atoms with Crippen LogP contribution in [-0.4, -0.2) is 43.0 Å². The number of carbonyl (C=O) groups is 1. The maximum atomic E-state index is 12.5. The van der Waals surface area contributed by atoms with E-state index in [0.29, 0.717) is 12.3 Å². The zero-order valence-corrected chi connectivity index (χ0v) is 15.2. The molecule has 0 bridgehead atoms. The summed E-state index contributed by atoms with van der Waals surface area (Å²) in [6.07, 6.45) is 6.46. The number of aryl methyl sites for hydroxylation is 2. The zero-order chi connectivity index (χ0) is 17.1. The van der Waals surface area contributed by atoms with Gasteiger partial charge >= 0.3 is 0 Å². The molecule has 2 heterocycles. The third-order valence-electron chi connectivity index (χ3n) is 4.81. The molecule has 0 atom stereocenters. The summed E-state index contributed by atoms with van der Waals surface area (Å²) in [6.45, 7) is 4.76. The molecule has 24 heavy (non-hydrogen) atoms. The third-order valence-corrected chi connectivity index (χ3v) is 5.07. The lowest BCUT2D eigenvalue weighted by atomic mass is 9.90. The standard InChI is InChI=1S/C19H24N2O2S/c1-3-20(13-24)19(22)17(23-2)12-14-10-15-6-4-8-21-9-5-7-16(11-14)18(15)21/h10-13H,3-9H2,1-2H3/b17-12+. The molecule has 0 radical (unpaired) electrons. The van der Waals surface area contributed by atoms with Crippen LogP contribution in [-0.2, 0) is 22.4 Å². The monoisotopic (exact) mass is 344 g/mol. The van der Waals surface area contributed by atoms with Crippen molar-refractivity contribution in [3.05, 3.63) is 34.6 Å². The molecule has 4 nitrogen and oxygen atoms in total. The first kappa shape index (κ1) is 17.0. The van der Waals surface area contributed by atoms with E-state index in [-0.39, 0.29) is 5.91 Å². The summed E-state index contributed by atoms with van der Waals surface area (Å²) < 4.78 is 5.35. The van der Waals surface area contributed by atoms with Crippen molar-refractivity contribution < 1.29 is 9.53 Å². The van der Waals surface area contributed by atoms with E-state index in [2.05, 4.69) is 17.0 Å². The molecule has 1 amide bonds. The number of hydrogen-bond donors (Lipinski definition) is 0. The fourth-order valence-corrected chi connectivity index (χ4v) is 3.93. The molecular weight excluding hydrogens is 320 g/mol. The third kappa shape index (κ3) is 3.18. The van der Waals surface area contributed by atoms with Gasteiger partial charge in [-0.25, -0.2) is 0 Å². The topological polar surface area (TPSA) is 32.8 Å². The Morgan fingerprint density at radius 3 is 2.42 bits per heavy atom. The van der Waals surface area contributed by atoms with Crippen LogP contribution in [0.5, 0.6) is 0 Å². The highest BCUT2D eigenvalue weighted by Gasteiger charge is 2.24. The number of anilines is 1. The van der Waals surface area contributed by atoms with Gasteiger partial charge in [0.15, 0.2) is 5.76 Å². The molecule has 0 spiro atoms. The number of thiocarbonyl (C=S) groups is 1. The van der Waals surface area contributed by atoms with Crippen LogP contribution in [0.25, 0.3) is 6.08 Å². The number of ether oxygens (including phenoxy) is 1. The van der Waals surface area contributed by atoms with Crippen molar-refractivity contribution in [2.45, 2.75) is 32.6 Å². The number of likely N-dealkylation sites (N-methyl/N-ethyl adjacent to an activating group) is 1. The molecule has 2 aliphatic rings. The Hall–Kier alpha value is -1.88. The van der Waals surface area contributed by atoms with Gasteiger partial charge in [0.2, 0.25) is 0 Å². The number of carbonyl (C=O) groups excluding carboxylic acids is 1. The van der Waals surface area contributed by atoms with Crippen molar-refractivity contribution in [2.75, 3.05) is 31.6 Å². The second-order valence-corrected chi connectivity index (χ2v) is 6.50. The number of amides is 1. The Morgan fingerprint density at radius 1 is 1.29 bits per heavy atom. The molecule has 0 N–H and O–H groups in total. The van der Waals surface area contributed by atoms with E-state index in [1.807, 2.05) is 13.0 Å². The Morgan fingerprint density at radius 2 is 1.92 bits per heavy atom. The van der Waals surface area contributed by atoms with Gasteiger partial charge in [-0.15, -0.1) is 0 Å². The van der Waals surface area contributed by atoms with Gasteiger partial charge in [0.25, 0.3) is 5.91 Å². The Labute approximate surface area is 149 Å². The minimum absolute atomic E-state index is 0.192. The molecule has 0 aromatic heterocycles. The van der Waals surface area contributed by atoms with Crippen LogP contribution >= 0.6 is 12.2 Å². The molecule has 128 valence electrons. The van der Waals surface area contributed by atoms with E-state index in [0.717, 1.165) is 31.5 Å². The zero-order valence-electron chi connectivity index (χ0n) is 14.4. The Balaban J connectivity index is 1.97. The molecule has 0 aliphatic carbocycles. The largest absolute Gasteiger partial charge is 0.491 e. The van der Waals surface area contributed by atoms with E-state index < -0.39 is 0 Å². The Kier molecular flexibility index (Phi) is 5.19. The van der Waals surface area contributed by atoms with Crippen molar-refractivity contribution in [1.29, 1.82) is 0 Å². The molecule has 2 aliphatic heterocycles. The molecule has 1 aromatic rings. The van der Waals surface area contributed by atoms with Crippen LogP contribution < -0.4 is 4.90 Å². The average molecular weight is 344 g/mol. The summed E-state index contributed by atoms with van der Waals surface area (Å²) in [6, 6.07) is 4.41. The smallest absolute Gasteiger partial charge is 0.293 e. The molecule has 5 heteroatoms. The van der Waals surface area contributed by atoms with Crippen LogP contribution in [0.4, 0.5) is 5.69 Å². The van der Waals surface area contributed by atoms with Gasteiger partial charge in [-0.2, -0.15) is 0 Å². The first-order valence-electron chi connectivity index (χ1n) is 8.60. The van der Waals surface area contributed by atoms with Gasteiger partial charge in [0.05, 0.1) is 12.6 Å². The number of nitrogens with zero attached hydrogens (tertiary/aromatic N) is 2. The molecular formula is C19H24N2O2S. The average Bonchev–Trinajstić information content (AvgIpc) is 2.61. The molecule has 0 saturated heterocycles. The summed E-state index contributed by atoms with van der Waals surface area (Å²) in [5.41, 5.74) is 6.65. The van der Waals surface area contributed by atoms with Crippen molar-refractivity contribution in [1.82, 2.24) is 4.90 Å². The van der Waals surface area contributed by atoms with Crippen molar-refractivity contribution in [2.24, 2.45) is 0 Å². The molecule has 0 unspecified atom stereocenters. The molecule has 3 rings (SSSR count). The molecule has 1 aromatic carbocycles.